The molecule has 0 saturated heterocycles. The van der Waals surface area contributed by atoms with Crippen molar-refractivity contribution < 1.29 is 33.4 Å². The van der Waals surface area contributed by atoms with E-state index in [1.165, 1.54) is 18.3 Å². The van der Waals surface area contributed by atoms with Crippen molar-refractivity contribution in [2.45, 2.75) is 5.03 Å². The van der Waals surface area contributed by atoms with E-state index in [0.29, 0.717) is 22.7 Å². The summed E-state index contributed by atoms with van der Waals surface area (Å²) in [6, 6.07) is 16.2. The van der Waals surface area contributed by atoms with Crippen LogP contribution < -0.4 is 20.1 Å². The van der Waals surface area contributed by atoms with E-state index in [4.69, 9.17) is 14.2 Å². The molecule has 2 N–H and O–H groups in total. The zero-order valence-electron chi connectivity index (χ0n) is 18.2. The van der Waals surface area contributed by atoms with E-state index in [2.05, 4.69) is 15.6 Å². The SMILES string of the molecule is O=C(COC(=O)c1cccnc1SCC(=O)Nc1ccc2c(c1)OCO2)NC(=O)c1ccccc1. The lowest BCUT2D eigenvalue weighted by atomic mass is 10.2. The molecule has 0 unspecified atom stereocenters. The highest BCUT2D eigenvalue weighted by Crippen LogP contribution is 2.34. The minimum absolute atomic E-state index is 0.0300. The topological polar surface area (TPSA) is 133 Å². The minimum atomic E-state index is -0.806. The molecule has 178 valence electrons. The zero-order chi connectivity index (χ0) is 24.6. The van der Waals surface area contributed by atoms with Gasteiger partial charge in [-0.1, -0.05) is 30.0 Å². The van der Waals surface area contributed by atoms with Crippen LogP contribution in [-0.2, 0) is 14.3 Å². The van der Waals surface area contributed by atoms with E-state index in [1.54, 1.807) is 48.5 Å². The van der Waals surface area contributed by atoms with Crippen molar-refractivity contribution in [3.63, 3.8) is 0 Å². The first kappa shape index (κ1) is 23.8. The lowest BCUT2D eigenvalue weighted by molar-refractivity contribution is -0.123. The van der Waals surface area contributed by atoms with Crippen LogP contribution in [0, 0.1) is 0 Å². The third kappa shape index (κ3) is 6.36. The molecule has 11 heteroatoms. The van der Waals surface area contributed by atoms with Crippen LogP contribution in [0.5, 0.6) is 11.5 Å². The number of pyridine rings is 1. The molecule has 3 amide bonds. The van der Waals surface area contributed by atoms with Gasteiger partial charge in [-0.15, -0.1) is 0 Å². The van der Waals surface area contributed by atoms with Crippen LogP contribution in [0.2, 0.25) is 0 Å². The number of nitrogens with one attached hydrogen (secondary N) is 2. The van der Waals surface area contributed by atoms with Crippen LogP contribution in [0.15, 0.2) is 71.9 Å². The molecule has 0 atom stereocenters. The summed E-state index contributed by atoms with van der Waals surface area (Å²) >= 11 is 1.04. The van der Waals surface area contributed by atoms with Crippen molar-refractivity contribution in [1.29, 1.82) is 0 Å². The van der Waals surface area contributed by atoms with Gasteiger partial charge in [-0.05, 0) is 36.4 Å². The molecule has 0 spiro atoms. The van der Waals surface area contributed by atoms with Gasteiger partial charge < -0.3 is 19.5 Å². The predicted octanol–water partition coefficient (Wildman–Crippen LogP) is 2.65. The number of anilines is 1. The fraction of sp³-hybridized carbons (Fsp3) is 0.125. The Bertz CT molecular complexity index is 1270. The molecular formula is C24H19N3O7S. The lowest BCUT2D eigenvalue weighted by Crippen LogP contribution is -2.34. The van der Waals surface area contributed by atoms with E-state index in [9.17, 15) is 19.2 Å². The molecule has 35 heavy (non-hydrogen) atoms. The summed E-state index contributed by atoms with van der Waals surface area (Å²) in [5.41, 5.74) is 0.935. The second-order valence-electron chi connectivity index (χ2n) is 7.08. The molecular weight excluding hydrogens is 474 g/mol. The van der Waals surface area contributed by atoms with Crippen LogP contribution in [0.4, 0.5) is 5.69 Å². The van der Waals surface area contributed by atoms with Gasteiger partial charge in [0.2, 0.25) is 12.7 Å². The van der Waals surface area contributed by atoms with Crippen LogP contribution in [0.1, 0.15) is 20.7 Å². The lowest BCUT2D eigenvalue weighted by Gasteiger charge is -2.09. The number of imide groups is 1. The summed E-state index contributed by atoms with van der Waals surface area (Å²) in [6.45, 7) is -0.521. The highest BCUT2D eigenvalue weighted by molar-refractivity contribution is 8.00. The number of amides is 3. The van der Waals surface area contributed by atoms with Gasteiger partial charge in [-0.3, -0.25) is 19.7 Å². The van der Waals surface area contributed by atoms with E-state index >= 15 is 0 Å². The molecule has 0 radical (unpaired) electrons. The number of fused-ring (bicyclic) bond motifs is 1. The van der Waals surface area contributed by atoms with Crippen LogP contribution in [0.3, 0.4) is 0 Å². The van der Waals surface area contributed by atoms with Crippen molar-refractivity contribution in [2.75, 3.05) is 24.5 Å². The standard InChI is InChI=1S/C24H19N3O7S/c28-20(27-22(30)15-5-2-1-3-6-15)12-32-24(31)17-7-4-10-25-23(17)35-13-21(29)26-16-8-9-18-19(11-16)34-14-33-18/h1-11H,12-14H2,(H,26,29)(H,27,28,30). The Hall–Kier alpha value is -4.38. The number of carbonyl (C=O) groups is 4. The molecule has 0 saturated carbocycles. The maximum Gasteiger partial charge on any atom is 0.341 e. The molecule has 1 aliphatic heterocycles. The number of rotatable bonds is 8. The molecule has 0 bridgehead atoms. The third-order valence-electron chi connectivity index (χ3n) is 4.61. The number of ether oxygens (including phenoxy) is 3. The van der Waals surface area contributed by atoms with Crippen molar-refractivity contribution in [2.24, 2.45) is 0 Å². The summed E-state index contributed by atoms with van der Waals surface area (Å²) < 4.78 is 15.6. The van der Waals surface area contributed by atoms with E-state index in [0.717, 1.165) is 11.8 Å². The molecule has 10 nitrogen and oxygen atoms in total. The van der Waals surface area contributed by atoms with Gasteiger partial charge in [0, 0.05) is 23.5 Å². The Balaban J connectivity index is 1.28. The number of thioether (sulfide) groups is 1. The Labute approximate surface area is 204 Å². The average molecular weight is 493 g/mol. The fourth-order valence-corrected chi connectivity index (χ4v) is 3.78. The number of esters is 1. The van der Waals surface area contributed by atoms with E-state index in [-0.39, 0.29) is 29.0 Å². The third-order valence-corrected chi connectivity index (χ3v) is 5.62. The Morgan fingerprint density at radius 1 is 0.943 bits per heavy atom. The first-order chi connectivity index (χ1) is 17.0. The monoisotopic (exact) mass is 493 g/mol. The fourth-order valence-electron chi connectivity index (χ4n) is 3.00. The van der Waals surface area contributed by atoms with Gasteiger partial charge in [0.05, 0.1) is 11.3 Å². The maximum absolute atomic E-state index is 12.5. The normalized spacial score (nSPS) is 11.4. The Morgan fingerprint density at radius 3 is 2.57 bits per heavy atom. The largest absolute Gasteiger partial charge is 0.454 e. The average Bonchev–Trinajstić information content (AvgIpc) is 3.35. The smallest absolute Gasteiger partial charge is 0.341 e. The second-order valence-corrected chi connectivity index (χ2v) is 8.04. The summed E-state index contributed by atoms with van der Waals surface area (Å²) in [7, 11) is 0. The van der Waals surface area contributed by atoms with E-state index in [1.807, 2.05) is 0 Å². The van der Waals surface area contributed by atoms with Gasteiger partial charge in [0.25, 0.3) is 11.8 Å². The van der Waals surface area contributed by atoms with Gasteiger partial charge in [-0.2, -0.15) is 0 Å². The summed E-state index contributed by atoms with van der Waals surface area (Å²) in [6.07, 6.45) is 1.47. The summed E-state index contributed by atoms with van der Waals surface area (Å²) in [4.78, 5) is 53.0. The van der Waals surface area contributed by atoms with Crippen LogP contribution in [0.25, 0.3) is 0 Å². The van der Waals surface area contributed by atoms with Gasteiger partial charge >= 0.3 is 5.97 Å². The minimum Gasteiger partial charge on any atom is -0.454 e. The number of carbonyl (C=O) groups excluding carboxylic acids is 4. The Morgan fingerprint density at radius 2 is 1.74 bits per heavy atom. The highest BCUT2D eigenvalue weighted by Gasteiger charge is 2.19. The first-order valence-electron chi connectivity index (χ1n) is 10.3. The van der Waals surface area contributed by atoms with Gasteiger partial charge in [0.15, 0.2) is 18.1 Å². The quantitative estimate of drug-likeness (QED) is 0.359. The Kier molecular flexibility index (Phi) is 7.58. The number of hydrogen-bond donors (Lipinski definition) is 2. The molecule has 4 rings (SSSR count). The van der Waals surface area contributed by atoms with Gasteiger partial charge in [-0.25, -0.2) is 9.78 Å². The van der Waals surface area contributed by atoms with Crippen molar-refractivity contribution in [3.05, 3.63) is 78.0 Å². The molecule has 3 aromatic rings. The number of hydrogen-bond acceptors (Lipinski definition) is 9. The van der Waals surface area contributed by atoms with Gasteiger partial charge in [0.1, 0.15) is 5.03 Å². The van der Waals surface area contributed by atoms with Crippen LogP contribution in [-0.4, -0.2) is 47.8 Å². The second kappa shape index (κ2) is 11.2. The maximum atomic E-state index is 12.5. The molecule has 0 fully saturated rings. The predicted molar refractivity (Wildman–Crippen MR) is 125 cm³/mol. The van der Waals surface area contributed by atoms with Crippen molar-refractivity contribution in [1.82, 2.24) is 10.3 Å². The number of aromatic nitrogens is 1. The molecule has 0 aliphatic carbocycles. The van der Waals surface area contributed by atoms with Crippen molar-refractivity contribution >= 4 is 41.1 Å². The number of benzene rings is 2. The molecule has 1 aliphatic rings. The zero-order valence-corrected chi connectivity index (χ0v) is 19.0. The molecule has 2 aromatic carbocycles. The van der Waals surface area contributed by atoms with Crippen molar-refractivity contribution in [3.8, 4) is 11.5 Å². The molecule has 2 heterocycles. The number of nitrogens with zero attached hydrogens (tertiary/aromatic N) is 1. The highest BCUT2D eigenvalue weighted by atomic mass is 32.2. The van der Waals surface area contributed by atoms with Crippen LogP contribution >= 0.6 is 11.8 Å². The first-order valence-corrected chi connectivity index (χ1v) is 11.3. The van der Waals surface area contributed by atoms with E-state index < -0.39 is 24.4 Å². The summed E-state index contributed by atoms with van der Waals surface area (Å²) in [5, 5.41) is 5.15. The molecule has 1 aromatic heterocycles. The summed E-state index contributed by atoms with van der Waals surface area (Å²) in [5.74, 6) is -1.38.